The number of aromatic nitrogens is 2. The Balaban J connectivity index is 1.55. The lowest BCUT2D eigenvalue weighted by Crippen LogP contribution is -2.30. The maximum Gasteiger partial charge on any atom is 0.229 e. The number of nitrogens with zero attached hydrogens (tertiary/aromatic N) is 3. The van der Waals surface area contributed by atoms with Crippen LogP contribution in [-0.2, 0) is 11.2 Å². The molecule has 6 heteroatoms. The molecule has 1 N–H and O–H groups in total. The van der Waals surface area contributed by atoms with Crippen LogP contribution < -0.4 is 10.2 Å². The second-order valence-corrected chi connectivity index (χ2v) is 7.31. The SMILES string of the molecule is O=C(Cc1cccs1)Nc1ccc2c(N3CCCCC3)ncnc2c1. The zero-order valence-corrected chi connectivity index (χ0v) is 14.8. The highest BCUT2D eigenvalue weighted by molar-refractivity contribution is 7.10. The maximum absolute atomic E-state index is 12.2. The minimum atomic E-state index is -0.00731. The topological polar surface area (TPSA) is 58.1 Å². The van der Waals surface area contributed by atoms with Crippen molar-refractivity contribution in [3.05, 3.63) is 46.9 Å². The molecule has 0 bridgehead atoms. The van der Waals surface area contributed by atoms with Gasteiger partial charge >= 0.3 is 0 Å². The van der Waals surface area contributed by atoms with Gasteiger partial charge in [-0.15, -0.1) is 11.3 Å². The number of nitrogens with one attached hydrogen (secondary N) is 1. The summed E-state index contributed by atoms with van der Waals surface area (Å²) in [6.45, 7) is 2.09. The first-order valence-electron chi connectivity index (χ1n) is 8.61. The molecule has 3 heterocycles. The molecule has 0 radical (unpaired) electrons. The number of carbonyl (C=O) groups is 1. The Morgan fingerprint density at radius 3 is 2.84 bits per heavy atom. The van der Waals surface area contributed by atoms with Crippen molar-refractivity contribution in [3.63, 3.8) is 0 Å². The summed E-state index contributed by atoms with van der Waals surface area (Å²) < 4.78 is 0. The van der Waals surface area contributed by atoms with Gasteiger partial charge in [-0.1, -0.05) is 6.07 Å². The minimum absolute atomic E-state index is 0.00731. The lowest BCUT2D eigenvalue weighted by Gasteiger charge is -2.28. The predicted octanol–water partition coefficient (Wildman–Crippen LogP) is 3.86. The third-order valence-corrected chi connectivity index (χ3v) is 5.35. The summed E-state index contributed by atoms with van der Waals surface area (Å²) in [5.41, 5.74) is 1.64. The van der Waals surface area contributed by atoms with Gasteiger partial charge in [0.25, 0.3) is 0 Å². The average Bonchev–Trinajstić information content (AvgIpc) is 3.14. The average molecular weight is 352 g/mol. The van der Waals surface area contributed by atoms with Crippen LogP contribution in [0.1, 0.15) is 24.1 Å². The van der Waals surface area contributed by atoms with Crippen LogP contribution in [0.25, 0.3) is 10.9 Å². The van der Waals surface area contributed by atoms with E-state index in [9.17, 15) is 4.79 Å². The van der Waals surface area contributed by atoms with Gasteiger partial charge in [0.05, 0.1) is 11.9 Å². The fraction of sp³-hybridized carbons (Fsp3) is 0.316. The number of rotatable bonds is 4. The molecular formula is C19H20N4OS. The van der Waals surface area contributed by atoms with Gasteiger partial charge in [0.15, 0.2) is 0 Å². The fourth-order valence-corrected chi connectivity index (χ4v) is 3.96. The summed E-state index contributed by atoms with van der Waals surface area (Å²) in [4.78, 5) is 24.5. The summed E-state index contributed by atoms with van der Waals surface area (Å²) in [7, 11) is 0. The van der Waals surface area contributed by atoms with E-state index in [2.05, 4.69) is 20.2 Å². The van der Waals surface area contributed by atoms with Gasteiger partial charge in [-0.3, -0.25) is 4.79 Å². The fourth-order valence-electron chi connectivity index (χ4n) is 3.25. The van der Waals surface area contributed by atoms with E-state index in [-0.39, 0.29) is 5.91 Å². The summed E-state index contributed by atoms with van der Waals surface area (Å²) >= 11 is 1.60. The van der Waals surface area contributed by atoms with Crippen LogP contribution in [0, 0.1) is 0 Å². The van der Waals surface area contributed by atoms with Gasteiger partial charge in [-0.25, -0.2) is 9.97 Å². The summed E-state index contributed by atoms with van der Waals surface area (Å²) in [5, 5.41) is 5.99. The van der Waals surface area contributed by atoms with Crippen LogP contribution in [0.15, 0.2) is 42.0 Å². The van der Waals surface area contributed by atoms with Crippen LogP contribution in [-0.4, -0.2) is 29.0 Å². The number of amides is 1. The first kappa shape index (κ1) is 16.0. The van der Waals surface area contributed by atoms with Gasteiger partial charge in [0, 0.05) is 29.0 Å². The first-order valence-corrected chi connectivity index (χ1v) is 9.49. The molecule has 0 saturated carbocycles. The standard InChI is InChI=1S/C19H20N4OS/c24-18(12-15-5-4-10-25-15)22-14-6-7-16-17(11-14)20-13-21-19(16)23-8-2-1-3-9-23/h4-7,10-11,13H,1-3,8-9,12H2,(H,22,24). The van der Waals surface area contributed by atoms with Crippen LogP contribution >= 0.6 is 11.3 Å². The highest BCUT2D eigenvalue weighted by atomic mass is 32.1. The third kappa shape index (κ3) is 3.64. The number of carbonyl (C=O) groups excluding carboxylic acids is 1. The zero-order chi connectivity index (χ0) is 17.1. The second-order valence-electron chi connectivity index (χ2n) is 6.28. The monoisotopic (exact) mass is 352 g/mol. The molecule has 3 aromatic rings. The van der Waals surface area contributed by atoms with E-state index in [4.69, 9.17) is 0 Å². The molecule has 1 fully saturated rings. The van der Waals surface area contributed by atoms with Crippen molar-refractivity contribution >= 4 is 39.7 Å². The molecule has 0 unspecified atom stereocenters. The Morgan fingerprint density at radius 1 is 1.16 bits per heavy atom. The Morgan fingerprint density at radius 2 is 2.04 bits per heavy atom. The van der Waals surface area contributed by atoms with E-state index in [0.717, 1.165) is 40.4 Å². The number of hydrogen-bond donors (Lipinski definition) is 1. The molecule has 1 amide bonds. The molecule has 4 rings (SSSR count). The van der Waals surface area contributed by atoms with E-state index in [1.807, 2.05) is 35.7 Å². The molecule has 1 saturated heterocycles. The number of benzene rings is 1. The maximum atomic E-state index is 12.2. The van der Waals surface area contributed by atoms with Crippen LogP contribution in [0.4, 0.5) is 11.5 Å². The Bertz CT molecular complexity index is 872. The van der Waals surface area contributed by atoms with Crippen molar-refractivity contribution in [2.45, 2.75) is 25.7 Å². The molecule has 0 atom stereocenters. The summed E-state index contributed by atoms with van der Waals surface area (Å²) in [5.74, 6) is 0.994. The van der Waals surface area contributed by atoms with E-state index in [1.54, 1.807) is 17.7 Å². The number of thiophene rings is 1. The molecule has 1 aliphatic heterocycles. The molecule has 1 aromatic carbocycles. The number of piperidine rings is 1. The number of fused-ring (bicyclic) bond motifs is 1. The van der Waals surface area contributed by atoms with E-state index < -0.39 is 0 Å². The van der Waals surface area contributed by atoms with Crippen molar-refractivity contribution in [1.82, 2.24) is 9.97 Å². The molecule has 25 heavy (non-hydrogen) atoms. The molecular weight excluding hydrogens is 332 g/mol. The minimum Gasteiger partial charge on any atom is -0.356 e. The van der Waals surface area contributed by atoms with Gasteiger partial charge in [0.1, 0.15) is 12.1 Å². The molecule has 1 aliphatic rings. The Kier molecular flexibility index (Phi) is 4.61. The highest BCUT2D eigenvalue weighted by Crippen LogP contribution is 2.27. The van der Waals surface area contributed by atoms with E-state index in [0.29, 0.717) is 6.42 Å². The normalized spacial score (nSPS) is 14.6. The highest BCUT2D eigenvalue weighted by Gasteiger charge is 2.15. The number of hydrogen-bond acceptors (Lipinski definition) is 5. The smallest absolute Gasteiger partial charge is 0.229 e. The zero-order valence-electron chi connectivity index (χ0n) is 13.9. The summed E-state index contributed by atoms with van der Waals surface area (Å²) in [6.07, 6.45) is 5.73. The lowest BCUT2D eigenvalue weighted by atomic mass is 10.1. The van der Waals surface area contributed by atoms with Gasteiger partial charge in [-0.2, -0.15) is 0 Å². The number of anilines is 2. The van der Waals surface area contributed by atoms with Crippen molar-refractivity contribution in [3.8, 4) is 0 Å². The lowest BCUT2D eigenvalue weighted by molar-refractivity contribution is -0.115. The quantitative estimate of drug-likeness (QED) is 0.774. The van der Waals surface area contributed by atoms with Crippen molar-refractivity contribution in [2.75, 3.05) is 23.3 Å². The molecule has 5 nitrogen and oxygen atoms in total. The van der Waals surface area contributed by atoms with Crippen LogP contribution in [0.5, 0.6) is 0 Å². The molecule has 0 aliphatic carbocycles. The van der Waals surface area contributed by atoms with Gasteiger partial charge < -0.3 is 10.2 Å². The van der Waals surface area contributed by atoms with E-state index >= 15 is 0 Å². The van der Waals surface area contributed by atoms with Gasteiger partial charge in [0.2, 0.25) is 5.91 Å². The van der Waals surface area contributed by atoms with Crippen molar-refractivity contribution < 1.29 is 4.79 Å². The van der Waals surface area contributed by atoms with Crippen molar-refractivity contribution in [1.29, 1.82) is 0 Å². The van der Waals surface area contributed by atoms with Crippen LogP contribution in [0.2, 0.25) is 0 Å². The molecule has 2 aromatic heterocycles. The molecule has 0 spiro atoms. The predicted molar refractivity (Wildman–Crippen MR) is 102 cm³/mol. The Labute approximate surface area is 150 Å². The van der Waals surface area contributed by atoms with E-state index in [1.165, 1.54) is 19.3 Å². The largest absolute Gasteiger partial charge is 0.356 e. The van der Waals surface area contributed by atoms with Crippen LogP contribution in [0.3, 0.4) is 0 Å². The van der Waals surface area contributed by atoms with Crippen molar-refractivity contribution in [2.24, 2.45) is 0 Å². The third-order valence-electron chi connectivity index (χ3n) is 4.47. The first-order chi connectivity index (χ1) is 12.3. The summed E-state index contributed by atoms with van der Waals surface area (Å²) in [6, 6.07) is 9.81. The second kappa shape index (κ2) is 7.19. The molecule has 128 valence electrons. The Hall–Kier alpha value is -2.47. The van der Waals surface area contributed by atoms with Gasteiger partial charge in [-0.05, 0) is 48.9 Å².